The molecule has 0 radical (unpaired) electrons. The Bertz CT molecular complexity index is 1300. The Hall–Kier alpha value is -4.07. The van der Waals surface area contributed by atoms with Crippen LogP contribution in [0.1, 0.15) is 58.6 Å². The summed E-state index contributed by atoms with van der Waals surface area (Å²) in [5.41, 5.74) is 5.38. The van der Waals surface area contributed by atoms with Crippen molar-refractivity contribution >= 4 is 24.0 Å². The minimum Gasteiger partial charge on any atom is -0.463 e. The first-order chi connectivity index (χ1) is 16.8. The summed E-state index contributed by atoms with van der Waals surface area (Å²) in [4.78, 5) is 38.1. The zero-order valence-electron chi connectivity index (χ0n) is 20.4. The number of carbonyl (C=O) groups is 3. The Balaban J connectivity index is 1.54. The number of ether oxygens (including phenoxy) is 1. The van der Waals surface area contributed by atoms with Crippen molar-refractivity contribution in [3.05, 3.63) is 82.2 Å². The second kappa shape index (κ2) is 10.0. The molecule has 1 N–H and O–H groups in total. The zero-order chi connectivity index (χ0) is 25.1. The number of imide groups is 1. The highest BCUT2D eigenvalue weighted by Gasteiger charge is 2.34. The van der Waals surface area contributed by atoms with Gasteiger partial charge in [0.15, 0.2) is 0 Å². The SMILES string of the molecule is CCCCc1ccc(-n2c(C)cc(/C=C3\NC(=O)N(Cc4ccc(C(=O)OC)o4)C3=O)c2C)cc1. The molecule has 1 aliphatic rings. The van der Waals surface area contributed by atoms with Gasteiger partial charge in [0.1, 0.15) is 11.5 Å². The van der Waals surface area contributed by atoms with E-state index in [1.807, 2.05) is 19.9 Å². The summed E-state index contributed by atoms with van der Waals surface area (Å²) in [5, 5.41) is 2.64. The molecule has 3 amide bonds. The second-order valence-corrected chi connectivity index (χ2v) is 8.57. The molecule has 0 unspecified atom stereocenters. The van der Waals surface area contributed by atoms with Crippen LogP contribution in [0.25, 0.3) is 11.8 Å². The van der Waals surface area contributed by atoms with Crippen LogP contribution in [-0.4, -0.2) is 34.5 Å². The molecular weight excluding hydrogens is 446 g/mol. The first-order valence-corrected chi connectivity index (χ1v) is 11.6. The van der Waals surface area contributed by atoms with E-state index in [-0.39, 0.29) is 18.0 Å². The first kappa shape index (κ1) is 24.1. The van der Waals surface area contributed by atoms with Gasteiger partial charge in [0.2, 0.25) is 5.76 Å². The Morgan fingerprint density at radius 1 is 1.11 bits per heavy atom. The molecule has 1 saturated heterocycles. The Labute approximate surface area is 204 Å². The number of carbonyl (C=O) groups excluding carboxylic acids is 3. The average molecular weight is 476 g/mol. The summed E-state index contributed by atoms with van der Waals surface area (Å²) in [6, 6.07) is 13.0. The van der Waals surface area contributed by atoms with E-state index in [9.17, 15) is 14.4 Å². The summed E-state index contributed by atoms with van der Waals surface area (Å²) >= 11 is 0. The summed E-state index contributed by atoms with van der Waals surface area (Å²) in [7, 11) is 1.25. The first-order valence-electron chi connectivity index (χ1n) is 11.6. The van der Waals surface area contributed by atoms with Crippen LogP contribution < -0.4 is 5.32 Å². The van der Waals surface area contributed by atoms with E-state index < -0.39 is 17.9 Å². The number of methoxy groups -OCH3 is 1. The van der Waals surface area contributed by atoms with Gasteiger partial charge in [0.05, 0.1) is 13.7 Å². The van der Waals surface area contributed by atoms with Crippen LogP contribution >= 0.6 is 0 Å². The fraction of sp³-hybridized carbons (Fsp3) is 0.296. The standard InChI is InChI=1S/C27H29N3O5/c1-5-6-7-19-8-10-21(11-9-19)30-17(2)14-20(18(30)3)15-23-25(31)29(27(33)28-23)16-22-12-13-24(35-22)26(32)34-4/h8-15H,5-7,16H2,1-4H3,(H,28,33)/b23-15-. The molecular formula is C27H29N3O5. The predicted molar refractivity (Wildman–Crippen MR) is 131 cm³/mol. The number of unbranched alkanes of at least 4 members (excludes halogenated alkanes) is 1. The van der Waals surface area contributed by atoms with Crippen LogP contribution in [0.4, 0.5) is 4.79 Å². The van der Waals surface area contributed by atoms with Gasteiger partial charge in [0.25, 0.3) is 5.91 Å². The zero-order valence-corrected chi connectivity index (χ0v) is 20.4. The van der Waals surface area contributed by atoms with Gasteiger partial charge in [-0.3, -0.25) is 9.69 Å². The average Bonchev–Trinajstić information content (AvgIpc) is 3.51. The number of hydrogen-bond donors (Lipinski definition) is 1. The summed E-state index contributed by atoms with van der Waals surface area (Å²) in [6.45, 7) is 6.09. The largest absolute Gasteiger partial charge is 0.463 e. The molecule has 0 saturated carbocycles. The van der Waals surface area contributed by atoms with Crippen LogP contribution in [0.15, 0.2) is 52.6 Å². The predicted octanol–water partition coefficient (Wildman–Crippen LogP) is 4.91. The maximum absolute atomic E-state index is 13.0. The Kier molecular flexibility index (Phi) is 6.91. The number of furan rings is 1. The van der Waals surface area contributed by atoms with E-state index in [0.29, 0.717) is 5.76 Å². The Morgan fingerprint density at radius 2 is 1.86 bits per heavy atom. The van der Waals surface area contributed by atoms with Crippen LogP contribution in [0, 0.1) is 13.8 Å². The minimum atomic E-state index is -0.625. The topological polar surface area (TPSA) is 93.8 Å². The van der Waals surface area contributed by atoms with Crippen LogP contribution in [0.5, 0.6) is 0 Å². The lowest BCUT2D eigenvalue weighted by Gasteiger charge is -2.11. The molecule has 35 heavy (non-hydrogen) atoms. The third-order valence-corrected chi connectivity index (χ3v) is 6.11. The summed E-state index contributed by atoms with van der Waals surface area (Å²) < 4.78 is 12.1. The molecule has 182 valence electrons. The molecule has 0 aliphatic carbocycles. The lowest BCUT2D eigenvalue weighted by molar-refractivity contribution is -0.123. The molecule has 1 fully saturated rings. The summed E-state index contributed by atoms with van der Waals surface area (Å²) in [6.07, 6.45) is 5.09. The van der Waals surface area contributed by atoms with E-state index in [1.54, 1.807) is 6.08 Å². The highest BCUT2D eigenvalue weighted by Crippen LogP contribution is 2.25. The molecule has 2 aromatic heterocycles. The Morgan fingerprint density at radius 3 is 2.54 bits per heavy atom. The quantitative estimate of drug-likeness (QED) is 0.284. The number of nitrogens with zero attached hydrogens (tertiary/aromatic N) is 2. The van der Waals surface area contributed by atoms with Gasteiger partial charge >= 0.3 is 12.0 Å². The van der Waals surface area contributed by atoms with Crippen molar-refractivity contribution in [1.29, 1.82) is 0 Å². The minimum absolute atomic E-state index is 0.0103. The number of amides is 3. The van der Waals surface area contributed by atoms with E-state index in [4.69, 9.17) is 4.42 Å². The van der Waals surface area contributed by atoms with E-state index in [1.165, 1.54) is 37.6 Å². The van der Waals surface area contributed by atoms with Crippen molar-refractivity contribution in [3.8, 4) is 5.69 Å². The number of aryl methyl sites for hydroxylation is 2. The monoisotopic (exact) mass is 475 g/mol. The molecule has 8 nitrogen and oxygen atoms in total. The molecule has 1 aliphatic heterocycles. The fourth-order valence-corrected chi connectivity index (χ4v) is 4.22. The number of nitrogens with one attached hydrogen (secondary N) is 1. The van der Waals surface area contributed by atoms with Crippen molar-refractivity contribution in [1.82, 2.24) is 14.8 Å². The summed E-state index contributed by atoms with van der Waals surface area (Å²) in [5.74, 6) is -0.775. The van der Waals surface area contributed by atoms with Gasteiger partial charge < -0.3 is 19.0 Å². The number of rotatable bonds is 8. The molecule has 3 aromatic rings. The van der Waals surface area contributed by atoms with E-state index >= 15 is 0 Å². The van der Waals surface area contributed by atoms with Crippen molar-refractivity contribution in [2.45, 2.75) is 46.6 Å². The number of esters is 1. The molecule has 0 bridgehead atoms. The molecule has 0 atom stereocenters. The number of benzene rings is 1. The van der Waals surface area contributed by atoms with E-state index in [2.05, 4.69) is 45.8 Å². The van der Waals surface area contributed by atoms with E-state index in [0.717, 1.165) is 34.0 Å². The third-order valence-electron chi connectivity index (χ3n) is 6.11. The van der Waals surface area contributed by atoms with Crippen LogP contribution in [-0.2, 0) is 22.5 Å². The fourth-order valence-electron chi connectivity index (χ4n) is 4.22. The highest BCUT2D eigenvalue weighted by molar-refractivity contribution is 6.13. The van der Waals surface area contributed by atoms with Gasteiger partial charge in [-0.05, 0) is 74.2 Å². The molecule has 3 heterocycles. The lowest BCUT2D eigenvalue weighted by atomic mass is 10.1. The van der Waals surface area contributed by atoms with Gasteiger partial charge in [0, 0.05) is 17.1 Å². The van der Waals surface area contributed by atoms with Gasteiger partial charge in [-0.25, -0.2) is 9.59 Å². The second-order valence-electron chi connectivity index (χ2n) is 8.57. The number of hydrogen-bond acceptors (Lipinski definition) is 5. The maximum Gasteiger partial charge on any atom is 0.373 e. The van der Waals surface area contributed by atoms with Crippen molar-refractivity contribution in [3.63, 3.8) is 0 Å². The maximum atomic E-state index is 13.0. The van der Waals surface area contributed by atoms with Gasteiger partial charge in [-0.2, -0.15) is 0 Å². The van der Waals surface area contributed by atoms with Crippen molar-refractivity contribution in [2.75, 3.05) is 7.11 Å². The van der Waals surface area contributed by atoms with Crippen LogP contribution in [0.2, 0.25) is 0 Å². The van der Waals surface area contributed by atoms with Crippen LogP contribution in [0.3, 0.4) is 0 Å². The molecule has 8 heteroatoms. The number of aromatic nitrogens is 1. The number of urea groups is 1. The normalized spacial score (nSPS) is 14.6. The lowest BCUT2D eigenvalue weighted by Crippen LogP contribution is -2.30. The highest BCUT2D eigenvalue weighted by atomic mass is 16.5. The smallest absolute Gasteiger partial charge is 0.373 e. The van der Waals surface area contributed by atoms with Gasteiger partial charge in [-0.1, -0.05) is 25.5 Å². The molecule has 1 aromatic carbocycles. The molecule has 4 rings (SSSR count). The third kappa shape index (κ3) is 4.91. The van der Waals surface area contributed by atoms with Gasteiger partial charge in [-0.15, -0.1) is 0 Å². The molecule has 0 spiro atoms. The van der Waals surface area contributed by atoms with Crippen molar-refractivity contribution < 1.29 is 23.5 Å². The van der Waals surface area contributed by atoms with Crippen molar-refractivity contribution in [2.24, 2.45) is 0 Å².